The molecule has 0 amide bonds. The second kappa shape index (κ2) is 17.0. The van der Waals surface area contributed by atoms with Crippen LogP contribution in [0, 0.1) is 13.8 Å². The molecule has 0 fully saturated rings. The largest absolute Gasteiger partial charge is 2.00 e. The summed E-state index contributed by atoms with van der Waals surface area (Å²) < 4.78 is 25.9. The van der Waals surface area contributed by atoms with Crippen LogP contribution in [0.2, 0.25) is 0 Å². The SMILES string of the molecule is Cc1ccc(CP(=O)([O-])c2ccccc2-c2ccccc2O)cc1.Cc1ccc(CP(=O)([O-])c2ccccc2-c2ccccc2O)cc1.[Ca+2]. The van der Waals surface area contributed by atoms with Crippen LogP contribution in [-0.4, -0.2) is 48.0 Å². The Bertz CT molecular complexity index is 1960. The van der Waals surface area contributed by atoms with Crippen LogP contribution >= 0.6 is 14.7 Å². The van der Waals surface area contributed by atoms with Crippen molar-refractivity contribution in [3.8, 4) is 33.8 Å². The number of phenolic OH excluding ortho intramolecular Hbond substituents is 2. The molecule has 0 spiro atoms. The Kier molecular flexibility index (Phi) is 13.3. The van der Waals surface area contributed by atoms with E-state index in [2.05, 4.69) is 0 Å². The Hall–Kier alpha value is -3.44. The Morgan fingerprint density at radius 2 is 0.735 bits per heavy atom. The molecule has 0 bridgehead atoms. The van der Waals surface area contributed by atoms with E-state index in [9.17, 15) is 29.1 Å². The van der Waals surface area contributed by atoms with Crippen LogP contribution in [-0.2, 0) is 21.5 Å². The van der Waals surface area contributed by atoms with Gasteiger partial charge in [0.25, 0.3) is 0 Å². The van der Waals surface area contributed by atoms with Crippen LogP contribution in [0.25, 0.3) is 22.3 Å². The van der Waals surface area contributed by atoms with Crippen molar-refractivity contribution in [1.82, 2.24) is 0 Å². The van der Waals surface area contributed by atoms with Gasteiger partial charge in [-0.1, -0.05) is 145 Å². The zero-order chi connectivity index (χ0) is 34.3. The average molecular weight is 715 g/mol. The maximum absolute atomic E-state index is 12.9. The predicted molar refractivity (Wildman–Crippen MR) is 197 cm³/mol. The molecule has 0 radical (unpaired) electrons. The summed E-state index contributed by atoms with van der Waals surface area (Å²) in [6.45, 7) is 3.93. The first-order chi connectivity index (χ1) is 22.9. The molecule has 0 saturated carbocycles. The van der Waals surface area contributed by atoms with E-state index in [0.717, 1.165) is 22.3 Å². The van der Waals surface area contributed by atoms with Gasteiger partial charge in [0.2, 0.25) is 0 Å². The normalized spacial score (nSPS) is 13.1. The van der Waals surface area contributed by atoms with Crippen LogP contribution in [0.15, 0.2) is 146 Å². The standard InChI is InChI=1S/2C20H19O3P.Ca/c2*1-15-10-12-16(13-11-15)14-24(22,23)20-9-5-3-7-18(20)17-6-2-4-8-19(17)21;/h2*2-13,21H,14H2,1H3,(H,22,23);/q;;+2/p-2. The fourth-order valence-electron chi connectivity index (χ4n) is 5.44. The van der Waals surface area contributed by atoms with E-state index >= 15 is 0 Å². The molecular weight excluding hydrogens is 678 g/mol. The molecule has 6 aromatic carbocycles. The Morgan fingerprint density at radius 3 is 1.06 bits per heavy atom. The molecule has 49 heavy (non-hydrogen) atoms. The zero-order valence-corrected chi connectivity index (χ0v) is 31.4. The van der Waals surface area contributed by atoms with Gasteiger partial charge in [-0.25, -0.2) is 0 Å². The second-order valence-corrected chi connectivity index (χ2v) is 16.0. The van der Waals surface area contributed by atoms with Gasteiger partial charge in [0.15, 0.2) is 0 Å². The summed E-state index contributed by atoms with van der Waals surface area (Å²) in [7, 11) is -7.73. The van der Waals surface area contributed by atoms with Crippen LogP contribution in [0.4, 0.5) is 0 Å². The van der Waals surface area contributed by atoms with Crippen LogP contribution < -0.4 is 20.4 Å². The van der Waals surface area contributed by atoms with Crippen LogP contribution in [0.5, 0.6) is 11.5 Å². The summed E-state index contributed by atoms with van der Waals surface area (Å²) >= 11 is 0. The quantitative estimate of drug-likeness (QED) is 0.126. The molecule has 6 aromatic rings. The molecule has 0 heterocycles. The minimum Gasteiger partial charge on any atom is -0.796 e. The topological polar surface area (TPSA) is 121 Å². The van der Waals surface area contributed by atoms with E-state index < -0.39 is 14.7 Å². The second-order valence-electron chi connectivity index (χ2n) is 11.7. The van der Waals surface area contributed by atoms with E-state index in [-0.39, 0.29) is 72.2 Å². The Morgan fingerprint density at radius 1 is 0.449 bits per heavy atom. The van der Waals surface area contributed by atoms with E-state index in [1.54, 1.807) is 97.1 Å². The molecule has 244 valence electrons. The number of phenols is 2. The van der Waals surface area contributed by atoms with Crippen molar-refractivity contribution < 1.29 is 29.1 Å². The van der Waals surface area contributed by atoms with Gasteiger partial charge in [0.1, 0.15) is 11.5 Å². The van der Waals surface area contributed by atoms with Gasteiger partial charge in [0, 0.05) is 48.8 Å². The van der Waals surface area contributed by atoms with Crippen LogP contribution in [0.3, 0.4) is 0 Å². The number of aryl methyl sites for hydroxylation is 2. The third-order valence-corrected chi connectivity index (χ3v) is 11.8. The molecule has 0 aromatic heterocycles. The molecule has 0 aliphatic heterocycles. The molecule has 9 heteroatoms. The smallest absolute Gasteiger partial charge is 0.796 e. The number of para-hydroxylation sites is 2. The van der Waals surface area contributed by atoms with Gasteiger partial charge in [-0.2, -0.15) is 0 Å². The number of hydrogen-bond donors (Lipinski definition) is 2. The van der Waals surface area contributed by atoms with Gasteiger partial charge in [-0.15, -0.1) is 0 Å². The molecule has 0 aliphatic rings. The van der Waals surface area contributed by atoms with Crippen molar-refractivity contribution in [3.63, 3.8) is 0 Å². The molecule has 2 atom stereocenters. The van der Waals surface area contributed by atoms with E-state index in [1.807, 2.05) is 62.4 Å². The Balaban J connectivity index is 0.000000216. The van der Waals surface area contributed by atoms with Crippen LogP contribution in [0.1, 0.15) is 22.3 Å². The summed E-state index contributed by atoms with van der Waals surface area (Å²) in [5.74, 6) is 0.139. The number of aromatic hydroxyl groups is 2. The van der Waals surface area contributed by atoms with Crippen molar-refractivity contribution in [3.05, 3.63) is 168 Å². The Labute approximate surface area is 317 Å². The van der Waals surface area contributed by atoms with Gasteiger partial charge in [-0.05, 0) is 48.2 Å². The predicted octanol–water partition coefficient (Wildman–Crippen LogP) is 7.28. The van der Waals surface area contributed by atoms with Crippen molar-refractivity contribution in [2.24, 2.45) is 0 Å². The zero-order valence-electron chi connectivity index (χ0n) is 27.4. The molecule has 0 aliphatic carbocycles. The first-order valence-corrected chi connectivity index (χ1v) is 19.0. The minimum atomic E-state index is -3.87. The maximum atomic E-state index is 12.9. The van der Waals surface area contributed by atoms with Crippen molar-refractivity contribution >= 4 is 63.1 Å². The van der Waals surface area contributed by atoms with Gasteiger partial charge >= 0.3 is 37.7 Å². The summed E-state index contributed by atoms with van der Waals surface area (Å²) in [4.78, 5) is 25.9. The maximum Gasteiger partial charge on any atom is 2.00 e. The van der Waals surface area contributed by atoms with Gasteiger partial charge < -0.3 is 29.1 Å². The summed E-state index contributed by atoms with van der Waals surface area (Å²) in [5.41, 5.74) is 5.79. The average Bonchev–Trinajstić information content (AvgIpc) is 3.07. The first kappa shape index (κ1) is 38.4. The van der Waals surface area contributed by atoms with Gasteiger partial charge in [0.05, 0.1) is 0 Å². The van der Waals surface area contributed by atoms with Gasteiger partial charge in [-0.3, -0.25) is 0 Å². The molecule has 0 saturated heterocycles. The number of rotatable bonds is 8. The number of hydrogen-bond acceptors (Lipinski definition) is 6. The molecule has 2 N–H and O–H groups in total. The summed E-state index contributed by atoms with van der Waals surface area (Å²) in [6, 6.07) is 42.1. The van der Waals surface area contributed by atoms with E-state index in [1.165, 1.54) is 0 Å². The monoisotopic (exact) mass is 714 g/mol. The van der Waals surface area contributed by atoms with E-state index in [4.69, 9.17) is 0 Å². The van der Waals surface area contributed by atoms with E-state index in [0.29, 0.717) is 22.3 Å². The minimum absolute atomic E-state index is 0. The third-order valence-electron chi connectivity index (χ3n) is 7.95. The summed E-state index contributed by atoms with van der Waals surface area (Å²) in [6.07, 6.45) is -0.0875. The van der Waals surface area contributed by atoms with Crippen molar-refractivity contribution in [2.45, 2.75) is 26.2 Å². The van der Waals surface area contributed by atoms with Crippen molar-refractivity contribution in [2.75, 3.05) is 0 Å². The number of benzene rings is 6. The van der Waals surface area contributed by atoms with Crippen molar-refractivity contribution in [1.29, 1.82) is 0 Å². The first-order valence-electron chi connectivity index (χ1n) is 15.4. The fourth-order valence-corrected chi connectivity index (χ4v) is 8.91. The third kappa shape index (κ3) is 9.84. The summed E-state index contributed by atoms with van der Waals surface area (Å²) in [5, 5.41) is 20.7. The molecule has 6 rings (SSSR count). The fraction of sp³-hybridized carbons (Fsp3) is 0.100. The molecule has 6 nitrogen and oxygen atoms in total. The molecule has 2 unspecified atom stereocenters. The molecular formula is C40H36CaO6P2.